The van der Waals surface area contributed by atoms with Crippen LogP contribution >= 0.6 is 27.7 Å². The molecule has 0 saturated carbocycles. The molecule has 2 aromatic rings. The highest BCUT2D eigenvalue weighted by Crippen LogP contribution is 2.33. The molecule has 4 heteroatoms. The number of rotatable bonds is 1. The van der Waals surface area contributed by atoms with E-state index in [0.29, 0.717) is 4.73 Å². The number of benzene rings is 1. The molecule has 0 unspecified atom stereocenters. The summed E-state index contributed by atoms with van der Waals surface area (Å²) in [6.45, 7) is 1.99. The van der Waals surface area contributed by atoms with E-state index in [1.54, 1.807) is 0 Å². The van der Waals surface area contributed by atoms with Crippen LogP contribution in [0.4, 0.5) is 0 Å². The molecule has 0 bridgehead atoms. The van der Waals surface area contributed by atoms with Crippen molar-refractivity contribution < 1.29 is 0 Å². The third-order valence-corrected chi connectivity index (χ3v) is 4.59. The van der Waals surface area contributed by atoms with Gasteiger partial charge in [-0.2, -0.15) is 0 Å². The number of thioether (sulfide) groups is 1. The number of fused-ring (bicyclic) bond motifs is 1. The van der Waals surface area contributed by atoms with Crippen molar-refractivity contribution in [2.24, 2.45) is 0 Å². The fourth-order valence-corrected chi connectivity index (χ4v) is 3.69. The molecule has 0 aliphatic carbocycles. The van der Waals surface area contributed by atoms with Crippen LogP contribution in [-0.4, -0.2) is 15.7 Å². The van der Waals surface area contributed by atoms with Gasteiger partial charge in [0, 0.05) is 16.2 Å². The number of hydrogen-bond donors (Lipinski definition) is 0. The zero-order valence-electron chi connectivity index (χ0n) is 10.1. The van der Waals surface area contributed by atoms with Gasteiger partial charge in [0.05, 0.1) is 5.69 Å². The van der Waals surface area contributed by atoms with E-state index in [2.05, 4.69) is 44.1 Å². The van der Waals surface area contributed by atoms with Gasteiger partial charge in [0.1, 0.15) is 0 Å². The van der Waals surface area contributed by atoms with E-state index < -0.39 is 0 Å². The average molecular weight is 321 g/mol. The maximum absolute atomic E-state index is 4.45. The van der Waals surface area contributed by atoms with E-state index in [-0.39, 0.29) is 0 Å². The molecule has 1 aliphatic heterocycles. The molecule has 18 heavy (non-hydrogen) atoms. The van der Waals surface area contributed by atoms with Crippen LogP contribution in [0.2, 0.25) is 0 Å². The monoisotopic (exact) mass is 320 g/mol. The Balaban J connectivity index is 2.06. The number of aromatic nitrogens is 2. The maximum Gasteiger partial charge on any atom is 0.197 e. The molecular formula is C14H13BrN2S. The average Bonchev–Trinajstić information content (AvgIpc) is 2.37. The van der Waals surface area contributed by atoms with Gasteiger partial charge in [-0.1, -0.05) is 6.07 Å². The van der Waals surface area contributed by atoms with Crippen molar-refractivity contribution in [3.63, 3.8) is 0 Å². The molecule has 3 rings (SSSR count). The summed E-state index contributed by atoms with van der Waals surface area (Å²) in [5.41, 5.74) is 4.62. The highest BCUT2D eigenvalue weighted by Gasteiger charge is 2.11. The molecule has 0 radical (unpaired) electrons. The van der Waals surface area contributed by atoms with E-state index in [9.17, 15) is 0 Å². The first-order valence-corrected chi connectivity index (χ1v) is 7.77. The molecule has 0 spiro atoms. The van der Waals surface area contributed by atoms with E-state index >= 15 is 0 Å². The highest BCUT2D eigenvalue weighted by molar-refractivity contribution is 9.10. The fourth-order valence-electron chi connectivity index (χ4n) is 2.20. The normalized spacial score (nSPS) is 14.3. The summed E-state index contributed by atoms with van der Waals surface area (Å²) in [7, 11) is 0. The van der Waals surface area contributed by atoms with Crippen LogP contribution in [0.1, 0.15) is 17.7 Å². The first-order valence-electron chi connectivity index (χ1n) is 6.00. The lowest BCUT2D eigenvalue weighted by Gasteiger charge is -2.16. The quantitative estimate of drug-likeness (QED) is 0.734. The van der Waals surface area contributed by atoms with Crippen LogP contribution in [0.15, 0.2) is 33.9 Å². The summed E-state index contributed by atoms with van der Waals surface area (Å²) in [4.78, 5) is 10.1. The van der Waals surface area contributed by atoms with Crippen molar-refractivity contribution in [2.45, 2.75) is 24.7 Å². The summed E-state index contributed by atoms with van der Waals surface area (Å²) in [5.74, 6) is 1.24. The molecule has 1 aromatic carbocycles. The van der Waals surface area contributed by atoms with Crippen LogP contribution in [0.5, 0.6) is 0 Å². The van der Waals surface area contributed by atoms with Crippen LogP contribution in [0.3, 0.4) is 0 Å². The Labute approximate surface area is 119 Å². The van der Waals surface area contributed by atoms with Gasteiger partial charge >= 0.3 is 0 Å². The van der Waals surface area contributed by atoms with E-state index in [1.165, 1.54) is 34.6 Å². The Morgan fingerprint density at radius 2 is 2.11 bits per heavy atom. The number of aryl methyl sites for hydroxylation is 2. The minimum atomic E-state index is 0.657. The Hall–Kier alpha value is -0.870. The molecule has 1 aliphatic rings. The first-order chi connectivity index (χ1) is 8.72. The van der Waals surface area contributed by atoms with Gasteiger partial charge in [-0.15, -0.1) is 11.8 Å². The second kappa shape index (κ2) is 5.02. The largest absolute Gasteiger partial charge is 0.227 e. The van der Waals surface area contributed by atoms with Crippen LogP contribution in [0.25, 0.3) is 11.3 Å². The fraction of sp³-hybridized carbons (Fsp3) is 0.286. The molecule has 0 saturated heterocycles. The zero-order chi connectivity index (χ0) is 12.5. The van der Waals surface area contributed by atoms with Gasteiger partial charge in [-0.25, -0.2) is 9.97 Å². The van der Waals surface area contributed by atoms with Crippen molar-refractivity contribution in [1.29, 1.82) is 0 Å². The van der Waals surface area contributed by atoms with Crippen molar-refractivity contribution in [3.05, 3.63) is 40.3 Å². The van der Waals surface area contributed by atoms with E-state index in [1.807, 2.05) is 24.8 Å². The summed E-state index contributed by atoms with van der Waals surface area (Å²) in [5, 5.41) is 0. The molecule has 0 amide bonds. The molecule has 0 atom stereocenters. The van der Waals surface area contributed by atoms with Gasteiger partial charge in [0.2, 0.25) is 0 Å². The Kier molecular flexibility index (Phi) is 3.39. The third-order valence-electron chi connectivity index (χ3n) is 3.03. The van der Waals surface area contributed by atoms with Crippen LogP contribution < -0.4 is 0 Å². The number of halogens is 1. The summed E-state index contributed by atoms with van der Waals surface area (Å²) in [6, 6.07) is 8.68. The Morgan fingerprint density at radius 3 is 2.94 bits per heavy atom. The topological polar surface area (TPSA) is 25.8 Å². The van der Waals surface area contributed by atoms with Gasteiger partial charge in [0.15, 0.2) is 4.73 Å². The van der Waals surface area contributed by atoms with Crippen LogP contribution in [0, 0.1) is 6.92 Å². The first kappa shape index (κ1) is 12.2. The van der Waals surface area contributed by atoms with Gasteiger partial charge < -0.3 is 0 Å². The van der Waals surface area contributed by atoms with Crippen LogP contribution in [-0.2, 0) is 6.42 Å². The summed E-state index contributed by atoms with van der Waals surface area (Å²) < 4.78 is 0.657. The second-order valence-corrected chi connectivity index (χ2v) is 6.28. The Bertz CT molecular complexity index is 578. The SMILES string of the molecule is Cc1cc(-c2ccc3c(c2)CCCS3)nc(Br)n1. The van der Waals surface area contributed by atoms with E-state index in [0.717, 1.165) is 11.4 Å². The van der Waals surface area contributed by atoms with Gasteiger partial charge in [-0.3, -0.25) is 0 Å². The molecule has 1 aromatic heterocycles. The lowest BCUT2D eigenvalue weighted by atomic mass is 10.0. The summed E-state index contributed by atoms with van der Waals surface area (Å²) in [6.07, 6.45) is 2.45. The number of hydrogen-bond acceptors (Lipinski definition) is 3. The predicted molar refractivity (Wildman–Crippen MR) is 79.0 cm³/mol. The van der Waals surface area contributed by atoms with Gasteiger partial charge in [0.25, 0.3) is 0 Å². The van der Waals surface area contributed by atoms with Crippen molar-refractivity contribution in [3.8, 4) is 11.3 Å². The van der Waals surface area contributed by atoms with Crippen molar-refractivity contribution >= 4 is 27.7 Å². The third kappa shape index (κ3) is 2.45. The number of nitrogens with zero attached hydrogens (tertiary/aromatic N) is 2. The van der Waals surface area contributed by atoms with E-state index in [4.69, 9.17) is 0 Å². The highest BCUT2D eigenvalue weighted by atomic mass is 79.9. The minimum Gasteiger partial charge on any atom is -0.227 e. The molecule has 0 fully saturated rings. The smallest absolute Gasteiger partial charge is 0.197 e. The standard InChI is InChI=1S/C14H13BrN2S/c1-9-7-12(17-14(15)16-9)10-4-5-13-11(8-10)3-2-6-18-13/h4-5,7-8H,2-3,6H2,1H3. The molecule has 2 heterocycles. The minimum absolute atomic E-state index is 0.657. The maximum atomic E-state index is 4.45. The lowest BCUT2D eigenvalue weighted by Crippen LogP contribution is -1.99. The second-order valence-electron chi connectivity index (χ2n) is 4.44. The molecule has 0 N–H and O–H groups in total. The summed E-state index contributed by atoms with van der Waals surface area (Å²) >= 11 is 5.32. The molecule has 2 nitrogen and oxygen atoms in total. The van der Waals surface area contributed by atoms with Crippen molar-refractivity contribution in [1.82, 2.24) is 9.97 Å². The zero-order valence-corrected chi connectivity index (χ0v) is 12.5. The predicted octanol–water partition coefficient (Wildman–Crippen LogP) is 4.25. The molecule has 92 valence electrons. The van der Waals surface area contributed by atoms with Crippen molar-refractivity contribution in [2.75, 3.05) is 5.75 Å². The van der Waals surface area contributed by atoms with Gasteiger partial charge in [-0.05, 0) is 65.2 Å². The molecular weight excluding hydrogens is 308 g/mol. The lowest BCUT2D eigenvalue weighted by molar-refractivity contribution is 0.890. The Morgan fingerprint density at radius 1 is 1.22 bits per heavy atom.